The van der Waals surface area contributed by atoms with Gasteiger partial charge < -0.3 is 0 Å². The fourth-order valence-electron chi connectivity index (χ4n) is 2.50. The van der Waals surface area contributed by atoms with Crippen molar-refractivity contribution in [3.8, 4) is 0 Å². The van der Waals surface area contributed by atoms with Gasteiger partial charge in [-0.3, -0.25) is 0 Å². The van der Waals surface area contributed by atoms with Gasteiger partial charge in [-0.25, -0.2) is 0 Å². The van der Waals surface area contributed by atoms with Crippen LogP contribution in [0.3, 0.4) is 0 Å². The van der Waals surface area contributed by atoms with E-state index in [1.54, 1.807) is 16.7 Å². The van der Waals surface area contributed by atoms with Gasteiger partial charge in [0.1, 0.15) is 0 Å². The summed E-state index contributed by atoms with van der Waals surface area (Å²) in [7, 11) is 0. The van der Waals surface area contributed by atoms with Crippen LogP contribution in [-0.4, -0.2) is 0 Å². The minimum atomic E-state index is 1.16. The van der Waals surface area contributed by atoms with Gasteiger partial charge in [-0.05, 0) is 49.7 Å². The van der Waals surface area contributed by atoms with Gasteiger partial charge in [-0.1, -0.05) is 42.9 Å². The maximum atomic E-state index is 2.34. The molecule has 80 valence electrons. The number of allylic oxidation sites excluding steroid dienone is 8. The summed E-state index contributed by atoms with van der Waals surface area (Å²) in [4.78, 5) is 0. The van der Waals surface area contributed by atoms with Crippen LogP contribution in [0.5, 0.6) is 0 Å². The van der Waals surface area contributed by atoms with Crippen molar-refractivity contribution in [1.29, 1.82) is 0 Å². The molecule has 0 fully saturated rings. The van der Waals surface area contributed by atoms with Crippen molar-refractivity contribution < 1.29 is 0 Å². The highest BCUT2D eigenvalue weighted by Gasteiger charge is 2.11. The van der Waals surface area contributed by atoms with Crippen molar-refractivity contribution in [2.75, 3.05) is 0 Å². The molecule has 15 heavy (non-hydrogen) atoms. The minimum Gasteiger partial charge on any atom is -0.0882 e. The molecule has 0 aromatic rings. The van der Waals surface area contributed by atoms with Crippen molar-refractivity contribution in [3.63, 3.8) is 0 Å². The number of rotatable bonds is 2. The fraction of sp³-hybridized carbons (Fsp3) is 0.467. The predicted molar refractivity (Wildman–Crippen MR) is 66.8 cm³/mol. The molecular weight excluding hydrogens is 180 g/mol. The Morgan fingerprint density at radius 1 is 1.07 bits per heavy atom. The van der Waals surface area contributed by atoms with Crippen LogP contribution in [0.4, 0.5) is 0 Å². The first-order valence-electron chi connectivity index (χ1n) is 6.13. The summed E-state index contributed by atoms with van der Waals surface area (Å²) < 4.78 is 0. The summed E-state index contributed by atoms with van der Waals surface area (Å²) in [6.07, 6.45) is 18.8. The van der Waals surface area contributed by atoms with Crippen LogP contribution in [0.2, 0.25) is 0 Å². The van der Waals surface area contributed by atoms with Crippen LogP contribution in [0.25, 0.3) is 0 Å². The standard InChI is InChI=1S/C15H20/c1-2-13-9-5-3-4-6-12-15(13)14-10-7-8-11-14/h3-4,7-8,10H,2,5-6,9,11-12H2,1H3/b4-3-,15-13+. The predicted octanol–water partition coefficient (Wildman–Crippen LogP) is 4.71. The van der Waals surface area contributed by atoms with Gasteiger partial charge in [0.05, 0.1) is 0 Å². The Hall–Kier alpha value is -1.04. The Morgan fingerprint density at radius 2 is 1.87 bits per heavy atom. The van der Waals surface area contributed by atoms with E-state index in [4.69, 9.17) is 0 Å². The molecule has 0 aromatic heterocycles. The van der Waals surface area contributed by atoms with E-state index in [1.807, 2.05) is 0 Å². The van der Waals surface area contributed by atoms with E-state index in [1.165, 1.54) is 32.1 Å². The molecule has 2 aliphatic rings. The molecule has 0 atom stereocenters. The van der Waals surface area contributed by atoms with E-state index < -0.39 is 0 Å². The molecule has 0 bridgehead atoms. The third-order valence-electron chi connectivity index (χ3n) is 3.35. The maximum Gasteiger partial charge on any atom is -0.00916 e. The zero-order valence-corrected chi connectivity index (χ0v) is 9.63. The first-order chi connectivity index (χ1) is 7.42. The maximum absolute atomic E-state index is 2.34. The SMILES string of the molecule is CC/C1=C(\C2=CC=CC2)CC/C=C\CC1. The van der Waals surface area contributed by atoms with Crippen molar-refractivity contribution >= 4 is 0 Å². The Kier molecular flexibility index (Phi) is 3.60. The lowest BCUT2D eigenvalue weighted by molar-refractivity contribution is 0.826. The van der Waals surface area contributed by atoms with Gasteiger partial charge in [-0.15, -0.1) is 0 Å². The van der Waals surface area contributed by atoms with Gasteiger partial charge >= 0.3 is 0 Å². The smallest absolute Gasteiger partial charge is 0.00916 e. The zero-order valence-electron chi connectivity index (χ0n) is 9.63. The average Bonchev–Trinajstić information content (AvgIpc) is 2.71. The van der Waals surface area contributed by atoms with Crippen LogP contribution >= 0.6 is 0 Å². The molecular formula is C15H20. The van der Waals surface area contributed by atoms with Crippen molar-refractivity contribution in [1.82, 2.24) is 0 Å². The average molecular weight is 200 g/mol. The van der Waals surface area contributed by atoms with E-state index >= 15 is 0 Å². The Morgan fingerprint density at radius 3 is 2.53 bits per heavy atom. The van der Waals surface area contributed by atoms with Gasteiger partial charge in [0.15, 0.2) is 0 Å². The summed E-state index contributed by atoms with van der Waals surface area (Å²) in [6.45, 7) is 2.30. The van der Waals surface area contributed by atoms with Crippen LogP contribution in [0.1, 0.15) is 45.4 Å². The number of hydrogen-bond acceptors (Lipinski definition) is 0. The lowest BCUT2D eigenvalue weighted by Crippen LogP contribution is -1.97. The van der Waals surface area contributed by atoms with Gasteiger partial charge in [0.25, 0.3) is 0 Å². The third kappa shape index (κ3) is 2.50. The zero-order chi connectivity index (χ0) is 10.5. The first kappa shape index (κ1) is 10.5. The van der Waals surface area contributed by atoms with Crippen LogP contribution in [-0.2, 0) is 0 Å². The van der Waals surface area contributed by atoms with Crippen molar-refractivity contribution in [3.05, 3.63) is 47.1 Å². The highest BCUT2D eigenvalue weighted by molar-refractivity contribution is 5.42. The van der Waals surface area contributed by atoms with E-state index in [0.29, 0.717) is 0 Å². The lowest BCUT2D eigenvalue weighted by atomic mass is 9.89. The molecule has 0 aliphatic heterocycles. The minimum absolute atomic E-state index is 1.16. The molecule has 0 heterocycles. The van der Waals surface area contributed by atoms with Crippen LogP contribution in [0.15, 0.2) is 47.1 Å². The second-order valence-electron chi connectivity index (χ2n) is 4.31. The summed E-state index contributed by atoms with van der Waals surface area (Å²) in [5.74, 6) is 0. The molecule has 0 nitrogen and oxygen atoms in total. The highest BCUT2D eigenvalue weighted by Crippen LogP contribution is 2.31. The lowest BCUT2D eigenvalue weighted by Gasteiger charge is -2.16. The van der Waals surface area contributed by atoms with Crippen LogP contribution in [0, 0.1) is 0 Å². The highest BCUT2D eigenvalue weighted by atomic mass is 14.2. The summed E-state index contributed by atoms with van der Waals surface area (Å²) in [5.41, 5.74) is 4.92. The van der Waals surface area contributed by atoms with Gasteiger partial charge in [-0.2, -0.15) is 0 Å². The molecule has 0 spiro atoms. The molecule has 0 radical (unpaired) electrons. The molecule has 0 heteroatoms. The third-order valence-corrected chi connectivity index (χ3v) is 3.35. The first-order valence-corrected chi connectivity index (χ1v) is 6.13. The molecule has 0 aromatic carbocycles. The fourth-order valence-corrected chi connectivity index (χ4v) is 2.50. The Balaban J connectivity index is 2.21. The Labute approximate surface area is 93.1 Å². The monoisotopic (exact) mass is 200 g/mol. The van der Waals surface area contributed by atoms with E-state index in [0.717, 1.165) is 6.42 Å². The van der Waals surface area contributed by atoms with Gasteiger partial charge in [0, 0.05) is 0 Å². The summed E-state index contributed by atoms with van der Waals surface area (Å²) in [5, 5.41) is 0. The Bertz CT molecular complexity index is 337. The molecule has 0 saturated heterocycles. The molecule has 0 saturated carbocycles. The van der Waals surface area contributed by atoms with E-state index in [9.17, 15) is 0 Å². The van der Waals surface area contributed by atoms with Crippen molar-refractivity contribution in [2.45, 2.75) is 45.4 Å². The van der Waals surface area contributed by atoms with Crippen LogP contribution < -0.4 is 0 Å². The summed E-state index contributed by atoms with van der Waals surface area (Å²) in [6, 6.07) is 0. The summed E-state index contributed by atoms with van der Waals surface area (Å²) >= 11 is 0. The van der Waals surface area contributed by atoms with Gasteiger partial charge in [0.2, 0.25) is 0 Å². The van der Waals surface area contributed by atoms with Crippen molar-refractivity contribution in [2.24, 2.45) is 0 Å². The van der Waals surface area contributed by atoms with E-state index in [2.05, 4.69) is 37.3 Å². The second kappa shape index (κ2) is 5.16. The molecule has 2 rings (SSSR count). The molecule has 0 N–H and O–H groups in total. The molecule has 0 unspecified atom stereocenters. The second-order valence-corrected chi connectivity index (χ2v) is 4.31. The number of hydrogen-bond donors (Lipinski definition) is 0. The normalized spacial score (nSPS) is 28.5. The molecule has 0 amide bonds. The largest absolute Gasteiger partial charge is 0.0882 e. The molecule has 2 aliphatic carbocycles. The topological polar surface area (TPSA) is 0 Å². The van der Waals surface area contributed by atoms with E-state index in [-0.39, 0.29) is 0 Å². The quantitative estimate of drug-likeness (QED) is 0.566.